The Morgan fingerprint density at radius 3 is 2.43 bits per heavy atom. The van der Waals surface area contributed by atoms with Gasteiger partial charge in [0.25, 0.3) is 0 Å². The maximum Gasteiger partial charge on any atom is 0.338 e. The van der Waals surface area contributed by atoms with Crippen LogP contribution in [0.25, 0.3) is 0 Å². The lowest BCUT2D eigenvalue weighted by Gasteiger charge is -2.25. The van der Waals surface area contributed by atoms with Crippen LogP contribution in [0.3, 0.4) is 0 Å². The number of aromatic nitrogens is 2. The number of ketones is 2. The van der Waals surface area contributed by atoms with E-state index in [4.69, 9.17) is 32.7 Å². The topological polar surface area (TPSA) is 102 Å². The van der Waals surface area contributed by atoms with Crippen LogP contribution in [0.15, 0.2) is 29.3 Å². The van der Waals surface area contributed by atoms with E-state index in [1.54, 1.807) is 32.0 Å². The largest absolute Gasteiger partial charge is 0.491 e. The lowest BCUT2D eigenvalue weighted by Crippen LogP contribution is -2.28. The Morgan fingerprint density at radius 1 is 1.09 bits per heavy atom. The van der Waals surface area contributed by atoms with Crippen molar-refractivity contribution in [3.63, 3.8) is 0 Å². The van der Waals surface area contributed by atoms with Gasteiger partial charge in [0, 0.05) is 36.0 Å². The number of aromatic amines is 1. The number of carbonyl (C=O) groups is 3. The van der Waals surface area contributed by atoms with Crippen LogP contribution in [0.5, 0.6) is 5.75 Å². The van der Waals surface area contributed by atoms with Crippen LogP contribution >= 0.6 is 23.2 Å². The van der Waals surface area contributed by atoms with Crippen LogP contribution < -0.4 is 9.64 Å². The van der Waals surface area contributed by atoms with Crippen LogP contribution in [-0.2, 0) is 11.3 Å². The number of benzene rings is 1. The molecule has 0 fully saturated rings. The summed E-state index contributed by atoms with van der Waals surface area (Å²) in [5, 5.41) is 0. The van der Waals surface area contributed by atoms with Crippen molar-refractivity contribution in [1.29, 1.82) is 0 Å². The number of rotatable bonds is 12. The van der Waals surface area contributed by atoms with E-state index in [9.17, 15) is 14.4 Å². The Labute approximate surface area is 214 Å². The summed E-state index contributed by atoms with van der Waals surface area (Å²) in [4.78, 5) is 46.7. The number of esters is 1. The number of allylic oxidation sites excluding steroid dienone is 2. The molecule has 0 amide bonds. The Morgan fingerprint density at radius 2 is 1.77 bits per heavy atom. The van der Waals surface area contributed by atoms with Gasteiger partial charge < -0.3 is 19.4 Å². The number of hydrogen-bond acceptors (Lipinski definition) is 7. The molecule has 1 aromatic carbocycles. The van der Waals surface area contributed by atoms with Gasteiger partial charge in [0.15, 0.2) is 0 Å². The van der Waals surface area contributed by atoms with Crippen molar-refractivity contribution in [2.75, 3.05) is 36.4 Å². The predicted molar refractivity (Wildman–Crippen MR) is 135 cm³/mol. The molecule has 1 aromatic heterocycles. The number of fused-ring (bicyclic) bond motifs is 1. The molecule has 0 saturated heterocycles. The molecule has 0 aliphatic heterocycles. The Balaban J connectivity index is 1.77. The van der Waals surface area contributed by atoms with E-state index in [0.717, 1.165) is 18.5 Å². The molecule has 1 aliphatic carbocycles. The van der Waals surface area contributed by atoms with E-state index < -0.39 is 5.97 Å². The van der Waals surface area contributed by atoms with Gasteiger partial charge in [0.1, 0.15) is 29.6 Å². The summed E-state index contributed by atoms with van der Waals surface area (Å²) in [5.74, 6) is 0.419. The third-order valence-electron chi connectivity index (χ3n) is 5.78. The number of nitrogens with one attached hydrogen (secondary N) is 1. The SMILES string of the molecule is CCCCOc1cc(C(=O)OCc2nc3c([nH]2)C(=O)C(C)=C(C)C3=O)ccc1N(CCCl)CCCl. The predicted octanol–water partition coefficient (Wildman–Crippen LogP) is 4.95. The Hall–Kier alpha value is -2.84. The molecule has 0 radical (unpaired) electrons. The summed E-state index contributed by atoms with van der Waals surface area (Å²) in [6.07, 6.45) is 1.84. The van der Waals surface area contributed by atoms with Crippen LogP contribution in [-0.4, -0.2) is 59.0 Å². The average molecular weight is 522 g/mol. The van der Waals surface area contributed by atoms with Crippen LogP contribution in [0.2, 0.25) is 0 Å². The molecule has 1 aliphatic rings. The lowest BCUT2D eigenvalue weighted by molar-refractivity contribution is 0.0462. The molecule has 2 aromatic rings. The van der Waals surface area contributed by atoms with E-state index in [1.165, 1.54) is 0 Å². The van der Waals surface area contributed by atoms with Crippen molar-refractivity contribution in [3.05, 3.63) is 52.1 Å². The smallest absolute Gasteiger partial charge is 0.338 e. The van der Waals surface area contributed by atoms with E-state index >= 15 is 0 Å². The zero-order chi connectivity index (χ0) is 25.5. The fourth-order valence-corrected chi connectivity index (χ4v) is 4.05. The van der Waals surface area contributed by atoms with Crippen LogP contribution in [0.1, 0.15) is 70.8 Å². The van der Waals surface area contributed by atoms with Crippen molar-refractivity contribution in [3.8, 4) is 5.75 Å². The molecule has 0 atom stereocenters. The summed E-state index contributed by atoms with van der Waals surface area (Å²) >= 11 is 11.9. The highest BCUT2D eigenvalue weighted by atomic mass is 35.5. The van der Waals surface area contributed by atoms with E-state index in [1.807, 2.05) is 4.90 Å². The first-order valence-corrected chi connectivity index (χ1v) is 12.6. The number of unbranched alkanes of at least 4 members (excludes halogenated alkanes) is 1. The second-order valence-corrected chi connectivity index (χ2v) is 8.90. The van der Waals surface area contributed by atoms with Gasteiger partial charge in [-0.05, 0) is 38.5 Å². The molecule has 188 valence electrons. The maximum absolute atomic E-state index is 12.8. The lowest BCUT2D eigenvalue weighted by atomic mass is 9.92. The summed E-state index contributed by atoms with van der Waals surface area (Å²) < 4.78 is 11.4. The molecular weight excluding hydrogens is 493 g/mol. The summed E-state index contributed by atoms with van der Waals surface area (Å²) in [7, 11) is 0. The van der Waals surface area contributed by atoms with Crippen LogP contribution in [0.4, 0.5) is 5.69 Å². The highest BCUT2D eigenvalue weighted by Crippen LogP contribution is 2.31. The first kappa shape index (κ1) is 26.8. The number of hydrogen-bond donors (Lipinski definition) is 1. The molecule has 0 bridgehead atoms. The normalized spacial score (nSPS) is 13.2. The molecule has 1 heterocycles. The van der Waals surface area contributed by atoms with Gasteiger partial charge in [-0.1, -0.05) is 13.3 Å². The van der Waals surface area contributed by atoms with Gasteiger partial charge in [-0.15, -0.1) is 23.2 Å². The van der Waals surface area contributed by atoms with Crippen molar-refractivity contribution in [2.24, 2.45) is 0 Å². The number of H-pyrrole nitrogens is 1. The second-order valence-electron chi connectivity index (χ2n) is 8.14. The van der Waals surface area contributed by atoms with Gasteiger partial charge in [-0.2, -0.15) is 0 Å². The average Bonchev–Trinajstić information content (AvgIpc) is 3.29. The quantitative estimate of drug-likeness (QED) is 0.239. The first-order chi connectivity index (χ1) is 16.8. The molecule has 8 nitrogen and oxygen atoms in total. The van der Waals surface area contributed by atoms with Crippen LogP contribution in [0, 0.1) is 0 Å². The fourth-order valence-electron chi connectivity index (χ4n) is 3.64. The number of anilines is 1. The zero-order valence-corrected chi connectivity index (χ0v) is 21.6. The molecule has 0 saturated carbocycles. The van der Waals surface area contributed by atoms with E-state index in [2.05, 4.69) is 16.9 Å². The van der Waals surface area contributed by atoms with Crippen molar-refractivity contribution in [2.45, 2.75) is 40.2 Å². The molecule has 1 N–H and O–H groups in total. The van der Waals surface area contributed by atoms with Gasteiger partial charge in [-0.25, -0.2) is 9.78 Å². The molecular formula is C25H29Cl2N3O5. The summed E-state index contributed by atoms with van der Waals surface area (Å²) in [6, 6.07) is 5.08. The van der Waals surface area contributed by atoms with Gasteiger partial charge in [0.05, 0.1) is 17.9 Å². The summed E-state index contributed by atoms with van der Waals surface area (Å²) in [5.41, 5.74) is 2.02. The third kappa shape index (κ3) is 6.05. The highest BCUT2D eigenvalue weighted by molar-refractivity contribution is 6.25. The first-order valence-electron chi connectivity index (χ1n) is 11.5. The summed E-state index contributed by atoms with van der Waals surface area (Å²) in [6.45, 7) is 6.71. The number of ether oxygens (including phenoxy) is 2. The van der Waals surface area contributed by atoms with E-state index in [-0.39, 0.29) is 35.4 Å². The molecule has 0 unspecified atom stereocenters. The second kappa shape index (κ2) is 12.2. The number of imidazole rings is 1. The Bertz CT molecular complexity index is 1090. The van der Waals surface area contributed by atoms with Gasteiger partial charge in [0.2, 0.25) is 11.6 Å². The zero-order valence-electron chi connectivity index (χ0n) is 20.1. The van der Waals surface area contributed by atoms with Crippen molar-refractivity contribution in [1.82, 2.24) is 9.97 Å². The molecule has 0 spiro atoms. The number of halogens is 2. The number of carbonyl (C=O) groups excluding carboxylic acids is 3. The van der Waals surface area contributed by atoms with Crippen molar-refractivity contribution >= 4 is 46.4 Å². The monoisotopic (exact) mass is 521 g/mol. The molecule has 10 heteroatoms. The van der Waals surface area contributed by atoms with Crippen molar-refractivity contribution < 1.29 is 23.9 Å². The Kier molecular flexibility index (Phi) is 9.34. The minimum Gasteiger partial charge on any atom is -0.491 e. The third-order valence-corrected chi connectivity index (χ3v) is 6.12. The highest BCUT2D eigenvalue weighted by Gasteiger charge is 2.31. The minimum atomic E-state index is -0.587. The molecule has 3 rings (SSSR count). The minimum absolute atomic E-state index is 0.0544. The molecule has 35 heavy (non-hydrogen) atoms. The standard InChI is InChI=1S/C25H29Cl2N3O5/c1-4-5-12-34-19-13-17(6-7-18(19)30(10-8-26)11-9-27)25(33)35-14-20-28-21-22(29-20)24(32)16(3)15(2)23(21)31/h6-7,13H,4-5,8-12,14H2,1-3H3,(H,28,29). The van der Waals surface area contributed by atoms with Gasteiger partial charge >= 0.3 is 5.97 Å². The number of nitrogens with zero attached hydrogens (tertiary/aromatic N) is 2. The number of alkyl halides is 2. The van der Waals surface area contributed by atoms with Gasteiger partial charge in [-0.3, -0.25) is 9.59 Å². The van der Waals surface area contributed by atoms with E-state index in [0.29, 0.717) is 53.9 Å². The number of Topliss-reactive ketones (excluding diaryl/α,β-unsaturated/α-hetero) is 2. The fraction of sp³-hybridized carbons (Fsp3) is 0.440. The maximum atomic E-state index is 12.8.